The Morgan fingerprint density at radius 3 is 1.76 bits per heavy atom. The summed E-state index contributed by atoms with van der Waals surface area (Å²) >= 11 is 5.87. The summed E-state index contributed by atoms with van der Waals surface area (Å²) in [6.07, 6.45) is 0. The molecule has 2 aromatic rings. The lowest BCUT2D eigenvalue weighted by atomic mass is 9.95. The maximum absolute atomic E-state index is 5.87. The predicted octanol–water partition coefficient (Wildman–Crippen LogP) is 5.39. The lowest BCUT2D eigenvalue weighted by Crippen LogP contribution is -2.24. The van der Waals surface area contributed by atoms with Gasteiger partial charge in [0, 0.05) is 11.1 Å². The maximum Gasteiger partial charge on any atom is 0.127 e. The first-order valence-electron chi connectivity index (χ1n) is 7.17. The third-order valence-corrected chi connectivity index (χ3v) is 3.71. The first-order valence-corrected chi connectivity index (χ1v) is 7.55. The van der Waals surface area contributed by atoms with E-state index in [4.69, 9.17) is 16.3 Å². The number of nitrogens with zero attached hydrogens (tertiary/aromatic N) is 1. The minimum atomic E-state index is 0.412. The third kappa shape index (κ3) is 4.23. The Kier molecular flexibility index (Phi) is 5.27. The molecule has 2 rings (SSSR count). The van der Waals surface area contributed by atoms with E-state index in [1.54, 1.807) is 0 Å². The van der Waals surface area contributed by atoms with Gasteiger partial charge in [-0.05, 0) is 62.0 Å². The van der Waals surface area contributed by atoms with E-state index in [2.05, 4.69) is 45.0 Å². The van der Waals surface area contributed by atoms with Gasteiger partial charge in [-0.15, -0.1) is 0 Å². The van der Waals surface area contributed by atoms with Crippen LogP contribution >= 0.6 is 11.6 Å². The van der Waals surface area contributed by atoms with Crippen LogP contribution in [0, 0.1) is 5.92 Å². The van der Waals surface area contributed by atoms with E-state index >= 15 is 0 Å². The van der Waals surface area contributed by atoms with Crippen molar-refractivity contribution in [3.63, 3.8) is 0 Å². The van der Waals surface area contributed by atoms with Gasteiger partial charge in [0.1, 0.15) is 11.5 Å². The number of halogens is 1. The van der Waals surface area contributed by atoms with Crippen LogP contribution in [0.25, 0.3) is 0 Å². The van der Waals surface area contributed by atoms with E-state index in [0.717, 1.165) is 11.5 Å². The molecule has 3 heteroatoms. The van der Waals surface area contributed by atoms with Gasteiger partial charge in [-0.3, -0.25) is 0 Å². The number of hydrogen-bond acceptors (Lipinski definition) is 2. The van der Waals surface area contributed by atoms with E-state index in [0.29, 0.717) is 17.0 Å². The van der Waals surface area contributed by atoms with E-state index in [1.807, 2.05) is 36.4 Å². The molecule has 0 aliphatic carbocycles. The first kappa shape index (κ1) is 15.9. The van der Waals surface area contributed by atoms with Gasteiger partial charge in [0.05, 0.1) is 0 Å². The second-order valence-corrected chi connectivity index (χ2v) is 6.21. The topological polar surface area (TPSA) is 12.5 Å². The molecule has 0 amide bonds. The molecule has 2 nitrogen and oxygen atoms in total. The fraction of sp³-hybridized carbons (Fsp3) is 0.333. The second kappa shape index (κ2) is 6.97. The SMILES string of the molecule is CC(C)C(c1ccc(Oc2ccc(Cl)cc2)cc1)N(C)C. The van der Waals surface area contributed by atoms with Crippen LogP contribution in [-0.2, 0) is 0 Å². The highest BCUT2D eigenvalue weighted by Gasteiger charge is 2.17. The van der Waals surface area contributed by atoms with Crippen LogP contribution in [0.5, 0.6) is 11.5 Å². The Balaban J connectivity index is 2.13. The van der Waals surface area contributed by atoms with Crippen molar-refractivity contribution in [1.29, 1.82) is 0 Å². The summed E-state index contributed by atoms with van der Waals surface area (Å²) in [6.45, 7) is 4.48. The van der Waals surface area contributed by atoms with Crippen molar-refractivity contribution in [3.05, 3.63) is 59.1 Å². The van der Waals surface area contributed by atoms with Crippen LogP contribution in [-0.4, -0.2) is 19.0 Å². The summed E-state index contributed by atoms with van der Waals surface area (Å²) in [5.74, 6) is 2.19. The second-order valence-electron chi connectivity index (χ2n) is 5.78. The standard InChI is InChI=1S/C18H22ClNO/c1-13(2)18(20(3)4)14-5-9-16(10-6-14)21-17-11-7-15(19)8-12-17/h5-13,18H,1-4H3. The largest absolute Gasteiger partial charge is 0.457 e. The maximum atomic E-state index is 5.87. The van der Waals surface area contributed by atoms with Crippen molar-refractivity contribution in [2.24, 2.45) is 5.92 Å². The molecule has 112 valence electrons. The van der Waals surface area contributed by atoms with Crippen LogP contribution in [0.1, 0.15) is 25.5 Å². The van der Waals surface area contributed by atoms with Gasteiger partial charge in [0.25, 0.3) is 0 Å². The minimum Gasteiger partial charge on any atom is -0.457 e. The molecule has 1 atom stereocenters. The highest BCUT2D eigenvalue weighted by atomic mass is 35.5. The van der Waals surface area contributed by atoms with Crippen molar-refractivity contribution in [2.75, 3.05) is 14.1 Å². The Bertz CT molecular complexity index is 553. The van der Waals surface area contributed by atoms with Gasteiger partial charge >= 0.3 is 0 Å². The van der Waals surface area contributed by atoms with Crippen molar-refractivity contribution in [2.45, 2.75) is 19.9 Å². The molecular formula is C18H22ClNO. The molecule has 0 bridgehead atoms. The van der Waals surface area contributed by atoms with E-state index in [-0.39, 0.29) is 0 Å². The molecule has 21 heavy (non-hydrogen) atoms. The zero-order chi connectivity index (χ0) is 15.4. The molecule has 0 aromatic heterocycles. The fourth-order valence-corrected chi connectivity index (χ4v) is 2.78. The highest BCUT2D eigenvalue weighted by molar-refractivity contribution is 6.30. The molecule has 1 unspecified atom stereocenters. The molecule has 2 aromatic carbocycles. The smallest absolute Gasteiger partial charge is 0.127 e. The van der Waals surface area contributed by atoms with Crippen LogP contribution in [0.15, 0.2) is 48.5 Å². The first-order chi connectivity index (χ1) is 9.97. The van der Waals surface area contributed by atoms with Crippen molar-refractivity contribution < 1.29 is 4.74 Å². The number of hydrogen-bond donors (Lipinski definition) is 0. The number of ether oxygens (including phenoxy) is 1. The highest BCUT2D eigenvalue weighted by Crippen LogP contribution is 2.29. The summed E-state index contributed by atoms with van der Waals surface area (Å²) in [5.41, 5.74) is 1.30. The Morgan fingerprint density at radius 2 is 1.33 bits per heavy atom. The summed E-state index contributed by atoms with van der Waals surface area (Å²) < 4.78 is 5.82. The molecule has 0 aliphatic rings. The van der Waals surface area contributed by atoms with Gasteiger partial charge < -0.3 is 9.64 Å². The van der Waals surface area contributed by atoms with Gasteiger partial charge in [0.15, 0.2) is 0 Å². The number of rotatable bonds is 5. The summed E-state index contributed by atoms with van der Waals surface area (Å²) in [5, 5.41) is 0.712. The average Bonchev–Trinajstić information content (AvgIpc) is 2.42. The van der Waals surface area contributed by atoms with Gasteiger partial charge in [-0.2, -0.15) is 0 Å². The lowest BCUT2D eigenvalue weighted by molar-refractivity contribution is 0.235. The van der Waals surface area contributed by atoms with Crippen molar-refractivity contribution in [3.8, 4) is 11.5 Å². The predicted molar refractivity (Wildman–Crippen MR) is 89.2 cm³/mol. The zero-order valence-electron chi connectivity index (χ0n) is 13.0. The third-order valence-electron chi connectivity index (χ3n) is 3.46. The minimum absolute atomic E-state index is 0.412. The van der Waals surface area contributed by atoms with Crippen molar-refractivity contribution in [1.82, 2.24) is 4.90 Å². The zero-order valence-corrected chi connectivity index (χ0v) is 13.8. The molecule has 0 saturated carbocycles. The molecule has 0 N–H and O–H groups in total. The molecular weight excluding hydrogens is 282 g/mol. The van der Waals surface area contributed by atoms with Crippen LogP contribution < -0.4 is 4.74 Å². The molecule has 0 heterocycles. The number of benzene rings is 2. The molecule has 0 spiro atoms. The summed E-state index contributed by atoms with van der Waals surface area (Å²) in [6, 6.07) is 16.1. The van der Waals surface area contributed by atoms with Gasteiger partial charge in [-0.1, -0.05) is 37.6 Å². The molecule has 0 aliphatic heterocycles. The van der Waals surface area contributed by atoms with Crippen LogP contribution in [0.2, 0.25) is 5.02 Å². The van der Waals surface area contributed by atoms with E-state index in [9.17, 15) is 0 Å². The Labute approximate surface area is 132 Å². The summed E-state index contributed by atoms with van der Waals surface area (Å²) in [7, 11) is 4.23. The monoisotopic (exact) mass is 303 g/mol. The Hall–Kier alpha value is -1.51. The van der Waals surface area contributed by atoms with Crippen molar-refractivity contribution >= 4 is 11.6 Å². The molecule has 0 radical (unpaired) electrons. The Morgan fingerprint density at radius 1 is 0.857 bits per heavy atom. The van der Waals surface area contributed by atoms with Crippen LogP contribution in [0.3, 0.4) is 0 Å². The lowest BCUT2D eigenvalue weighted by Gasteiger charge is -2.28. The van der Waals surface area contributed by atoms with Crippen LogP contribution in [0.4, 0.5) is 0 Å². The molecule has 0 saturated heterocycles. The summed E-state index contributed by atoms with van der Waals surface area (Å²) in [4.78, 5) is 2.25. The fourth-order valence-electron chi connectivity index (χ4n) is 2.65. The quantitative estimate of drug-likeness (QED) is 0.734. The van der Waals surface area contributed by atoms with Gasteiger partial charge in [-0.25, -0.2) is 0 Å². The molecule has 0 fully saturated rings. The van der Waals surface area contributed by atoms with Gasteiger partial charge in [0.2, 0.25) is 0 Å². The normalized spacial score (nSPS) is 12.7. The van der Waals surface area contributed by atoms with E-state index < -0.39 is 0 Å². The van der Waals surface area contributed by atoms with E-state index in [1.165, 1.54) is 5.56 Å². The average molecular weight is 304 g/mol.